The molecule has 4 nitrogen and oxygen atoms in total. The molecule has 0 aromatic heterocycles. The average Bonchev–Trinajstić information content (AvgIpc) is 2.99. The number of hydrogen-bond donors (Lipinski definition) is 1. The summed E-state index contributed by atoms with van der Waals surface area (Å²) in [7, 11) is 0. The van der Waals surface area contributed by atoms with Crippen molar-refractivity contribution in [2.45, 2.75) is 194 Å². The van der Waals surface area contributed by atoms with Crippen LogP contribution in [0.2, 0.25) is 0 Å². The number of rotatable bonds is 33. The van der Waals surface area contributed by atoms with Crippen LogP contribution in [0.4, 0.5) is 0 Å². The van der Waals surface area contributed by atoms with Gasteiger partial charge in [-0.3, -0.25) is 9.59 Å². The molecule has 0 aliphatic heterocycles. The minimum absolute atomic E-state index is 0.0703. The van der Waals surface area contributed by atoms with Crippen molar-refractivity contribution in [1.29, 1.82) is 0 Å². The highest BCUT2D eigenvalue weighted by Gasteiger charge is 2.04. The van der Waals surface area contributed by atoms with Gasteiger partial charge in [0.2, 0.25) is 5.91 Å². The SMILES string of the molecule is CCCCCCCCC=CCCCCCCCC(=O)NCCOC(=O)CCCCCCCC=CCCCCCCCC. The lowest BCUT2D eigenvalue weighted by molar-refractivity contribution is -0.144. The molecule has 0 fully saturated rings. The molecule has 0 radical (unpaired) electrons. The summed E-state index contributed by atoms with van der Waals surface area (Å²) in [4.78, 5) is 23.9. The van der Waals surface area contributed by atoms with Crippen LogP contribution in [0.15, 0.2) is 24.3 Å². The molecule has 0 aromatic rings. The highest BCUT2D eigenvalue weighted by Crippen LogP contribution is 2.11. The second-order valence-electron chi connectivity index (χ2n) is 12.2. The van der Waals surface area contributed by atoms with E-state index in [1.165, 1.54) is 141 Å². The lowest BCUT2D eigenvalue weighted by Crippen LogP contribution is -2.27. The second kappa shape index (κ2) is 35.6. The van der Waals surface area contributed by atoms with Crippen LogP contribution in [0.5, 0.6) is 0 Å². The minimum Gasteiger partial charge on any atom is -0.464 e. The van der Waals surface area contributed by atoms with Gasteiger partial charge in [0.05, 0.1) is 6.54 Å². The molecule has 0 aliphatic rings. The van der Waals surface area contributed by atoms with Crippen molar-refractivity contribution < 1.29 is 14.3 Å². The third kappa shape index (κ3) is 34.6. The quantitative estimate of drug-likeness (QED) is 0.0470. The number of carbonyl (C=O) groups excluding carboxylic acids is 2. The lowest BCUT2D eigenvalue weighted by atomic mass is 10.1. The van der Waals surface area contributed by atoms with Gasteiger partial charge < -0.3 is 10.1 Å². The maximum Gasteiger partial charge on any atom is 0.305 e. The Kier molecular flexibility index (Phi) is 34.3. The van der Waals surface area contributed by atoms with E-state index in [1.54, 1.807) is 0 Å². The van der Waals surface area contributed by atoms with E-state index in [0.717, 1.165) is 25.7 Å². The van der Waals surface area contributed by atoms with E-state index in [9.17, 15) is 9.59 Å². The van der Waals surface area contributed by atoms with Gasteiger partial charge in [-0.15, -0.1) is 0 Å². The van der Waals surface area contributed by atoms with Gasteiger partial charge in [0.1, 0.15) is 6.61 Å². The molecule has 0 aromatic carbocycles. The van der Waals surface area contributed by atoms with E-state index in [1.807, 2.05) is 0 Å². The molecule has 42 heavy (non-hydrogen) atoms. The number of hydrogen-bond acceptors (Lipinski definition) is 3. The van der Waals surface area contributed by atoms with Crippen molar-refractivity contribution >= 4 is 11.9 Å². The molecule has 0 bridgehead atoms. The van der Waals surface area contributed by atoms with Crippen molar-refractivity contribution in [3.8, 4) is 0 Å². The summed E-state index contributed by atoms with van der Waals surface area (Å²) in [5, 5.41) is 2.88. The monoisotopic (exact) mass is 590 g/mol. The zero-order valence-electron chi connectivity index (χ0n) is 28.2. The van der Waals surface area contributed by atoms with Crippen molar-refractivity contribution in [3.05, 3.63) is 24.3 Å². The normalized spacial score (nSPS) is 11.6. The first-order valence-electron chi connectivity index (χ1n) is 18.4. The summed E-state index contributed by atoms with van der Waals surface area (Å²) in [6.07, 6.45) is 43.1. The molecular weight excluding hydrogens is 518 g/mol. The number of esters is 1. The van der Waals surface area contributed by atoms with Crippen molar-refractivity contribution in [3.63, 3.8) is 0 Å². The summed E-state index contributed by atoms with van der Waals surface area (Å²) in [6.45, 7) is 5.23. The number of allylic oxidation sites excluding steroid dienone is 4. The standard InChI is InChI=1S/C38H71NO3/c1-3-5-7-9-11-13-15-17-19-21-23-25-27-29-31-33-37(40)39-35-36-42-38(41)34-32-30-28-26-24-22-20-18-16-14-12-10-8-6-4-2/h17-20H,3-16,21-36H2,1-2H3,(H,39,40). The Labute approximate surface area is 262 Å². The molecule has 246 valence electrons. The maximum atomic E-state index is 12.0. The van der Waals surface area contributed by atoms with E-state index >= 15 is 0 Å². The molecule has 1 N–H and O–H groups in total. The number of nitrogens with one attached hydrogen (secondary N) is 1. The molecule has 0 aliphatic carbocycles. The van der Waals surface area contributed by atoms with Crippen LogP contribution in [0, 0.1) is 0 Å². The minimum atomic E-state index is -0.140. The smallest absolute Gasteiger partial charge is 0.305 e. The van der Waals surface area contributed by atoms with Crippen LogP contribution in [0.25, 0.3) is 0 Å². The molecule has 0 rings (SSSR count). The van der Waals surface area contributed by atoms with Gasteiger partial charge >= 0.3 is 5.97 Å². The van der Waals surface area contributed by atoms with Crippen LogP contribution in [0.1, 0.15) is 194 Å². The third-order valence-electron chi connectivity index (χ3n) is 8.00. The molecule has 0 saturated carbocycles. The fourth-order valence-corrected chi connectivity index (χ4v) is 5.21. The molecule has 0 unspecified atom stereocenters. The van der Waals surface area contributed by atoms with E-state index < -0.39 is 0 Å². The van der Waals surface area contributed by atoms with Gasteiger partial charge in [-0.2, -0.15) is 0 Å². The summed E-state index contributed by atoms with van der Waals surface area (Å²) < 4.78 is 5.27. The molecule has 0 spiro atoms. The van der Waals surface area contributed by atoms with Crippen LogP contribution in [0.3, 0.4) is 0 Å². The van der Waals surface area contributed by atoms with Crippen LogP contribution >= 0.6 is 0 Å². The predicted octanol–water partition coefficient (Wildman–Crippen LogP) is 11.7. The Hall–Kier alpha value is -1.58. The van der Waals surface area contributed by atoms with Crippen molar-refractivity contribution in [2.75, 3.05) is 13.2 Å². The Morgan fingerprint density at radius 3 is 1.26 bits per heavy atom. The topological polar surface area (TPSA) is 55.4 Å². The Morgan fingerprint density at radius 2 is 0.833 bits per heavy atom. The zero-order chi connectivity index (χ0) is 30.6. The Morgan fingerprint density at radius 1 is 0.476 bits per heavy atom. The van der Waals surface area contributed by atoms with Crippen molar-refractivity contribution in [1.82, 2.24) is 5.32 Å². The number of unbranched alkanes of at least 4 members (excludes halogenated alkanes) is 22. The first-order chi connectivity index (χ1) is 20.7. The predicted molar refractivity (Wildman–Crippen MR) is 183 cm³/mol. The molecule has 4 heteroatoms. The van der Waals surface area contributed by atoms with Gasteiger partial charge in [-0.05, 0) is 64.2 Å². The highest BCUT2D eigenvalue weighted by molar-refractivity contribution is 5.75. The summed E-state index contributed by atoms with van der Waals surface area (Å²) >= 11 is 0. The van der Waals surface area contributed by atoms with Crippen LogP contribution in [-0.4, -0.2) is 25.0 Å². The molecular formula is C38H71NO3. The number of ether oxygens (including phenoxy) is 1. The molecule has 0 atom stereocenters. The van der Waals surface area contributed by atoms with Gasteiger partial charge in [-0.25, -0.2) is 0 Å². The van der Waals surface area contributed by atoms with Gasteiger partial charge in [0.15, 0.2) is 0 Å². The number of amides is 1. The fraction of sp³-hybridized carbons (Fsp3) is 0.842. The van der Waals surface area contributed by atoms with E-state index in [0.29, 0.717) is 19.4 Å². The van der Waals surface area contributed by atoms with Gasteiger partial charge in [-0.1, -0.05) is 141 Å². The van der Waals surface area contributed by atoms with E-state index in [-0.39, 0.29) is 18.5 Å². The van der Waals surface area contributed by atoms with Crippen molar-refractivity contribution in [2.24, 2.45) is 0 Å². The van der Waals surface area contributed by atoms with E-state index in [4.69, 9.17) is 4.74 Å². The molecule has 0 saturated heterocycles. The Bertz CT molecular complexity index is 574. The highest BCUT2D eigenvalue weighted by atomic mass is 16.5. The largest absolute Gasteiger partial charge is 0.464 e. The summed E-state index contributed by atoms with van der Waals surface area (Å²) in [6, 6.07) is 0. The summed E-state index contributed by atoms with van der Waals surface area (Å²) in [5.74, 6) is -0.0694. The zero-order valence-corrected chi connectivity index (χ0v) is 28.2. The second-order valence-corrected chi connectivity index (χ2v) is 12.2. The first kappa shape index (κ1) is 40.4. The van der Waals surface area contributed by atoms with Crippen LogP contribution < -0.4 is 5.32 Å². The van der Waals surface area contributed by atoms with Crippen LogP contribution in [-0.2, 0) is 14.3 Å². The fourth-order valence-electron chi connectivity index (χ4n) is 5.21. The maximum absolute atomic E-state index is 12.0. The lowest BCUT2D eigenvalue weighted by Gasteiger charge is -2.07. The van der Waals surface area contributed by atoms with Gasteiger partial charge in [0.25, 0.3) is 0 Å². The molecule has 1 amide bonds. The average molecular weight is 590 g/mol. The summed E-state index contributed by atoms with van der Waals surface area (Å²) in [5.41, 5.74) is 0. The van der Waals surface area contributed by atoms with E-state index in [2.05, 4.69) is 43.5 Å². The third-order valence-corrected chi connectivity index (χ3v) is 8.00. The first-order valence-corrected chi connectivity index (χ1v) is 18.4. The van der Waals surface area contributed by atoms with Gasteiger partial charge in [0, 0.05) is 12.8 Å². The Balaban J connectivity index is 3.34. The molecule has 0 heterocycles. The number of carbonyl (C=O) groups is 2.